The summed E-state index contributed by atoms with van der Waals surface area (Å²) in [4.78, 5) is 0.338. The van der Waals surface area contributed by atoms with Crippen molar-refractivity contribution < 1.29 is 8.42 Å². The maximum absolute atomic E-state index is 13.5. The fourth-order valence-corrected chi connectivity index (χ4v) is 4.91. The molecular weight excluding hydrogens is 394 g/mol. The highest BCUT2D eigenvalue weighted by molar-refractivity contribution is 7.89. The summed E-state index contributed by atoms with van der Waals surface area (Å²) in [5, 5.41) is 4.30. The van der Waals surface area contributed by atoms with Crippen molar-refractivity contribution in [2.24, 2.45) is 0 Å². The standard InChI is InChI=1S/C24H31N3O2S/c1-4-20(3)22-11-13-24(14-12-22)30(28,29)26(18-16-21-9-7-6-8-10-21)19-23-15-17-25-27(23)5-2/h6-15,17,20H,4-5,16,18-19H2,1-3H3. The molecule has 0 aliphatic carbocycles. The van der Waals surface area contributed by atoms with Crippen LogP contribution in [0.3, 0.4) is 0 Å². The van der Waals surface area contributed by atoms with E-state index in [1.54, 1.807) is 22.6 Å². The molecular formula is C24H31N3O2S. The number of hydrogen-bond acceptors (Lipinski definition) is 3. The molecule has 160 valence electrons. The molecule has 0 radical (unpaired) electrons. The number of rotatable bonds is 10. The minimum atomic E-state index is -3.63. The minimum Gasteiger partial charge on any atom is -0.269 e. The van der Waals surface area contributed by atoms with E-state index in [-0.39, 0.29) is 0 Å². The third-order valence-electron chi connectivity index (χ3n) is 5.63. The Bertz CT molecular complexity index is 1030. The van der Waals surface area contributed by atoms with Gasteiger partial charge in [-0.15, -0.1) is 0 Å². The van der Waals surface area contributed by atoms with Gasteiger partial charge in [0.05, 0.1) is 17.1 Å². The van der Waals surface area contributed by atoms with E-state index in [0.717, 1.165) is 23.2 Å². The van der Waals surface area contributed by atoms with Gasteiger partial charge in [0.1, 0.15) is 0 Å². The van der Waals surface area contributed by atoms with E-state index in [1.807, 2.05) is 60.1 Å². The zero-order valence-corrected chi connectivity index (χ0v) is 18.8. The maximum Gasteiger partial charge on any atom is 0.243 e. The number of benzene rings is 2. The van der Waals surface area contributed by atoms with Gasteiger partial charge in [0.2, 0.25) is 10.0 Å². The quantitative estimate of drug-likeness (QED) is 0.467. The molecule has 0 aliphatic heterocycles. The van der Waals surface area contributed by atoms with Crippen LogP contribution in [-0.4, -0.2) is 29.0 Å². The van der Waals surface area contributed by atoms with Crippen LogP contribution in [-0.2, 0) is 29.5 Å². The molecule has 0 bridgehead atoms. The molecule has 1 atom stereocenters. The van der Waals surface area contributed by atoms with Gasteiger partial charge in [-0.2, -0.15) is 9.40 Å². The Morgan fingerprint density at radius 1 is 1.00 bits per heavy atom. The van der Waals surface area contributed by atoms with E-state index in [4.69, 9.17) is 0 Å². The van der Waals surface area contributed by atoms with Crippen LogP contribution in [0, 0.1) is 0 Å². The first kappa shape index (κ1) is 22.2. The van der Waals surface area contributed by atoms with Crippen molar-refractivity contribution in [1.29, 1.82) is 0 Å². The van der Waals surface area contributed by atoms with Crippen molar-refractivity contribution in [3.63, 3.8) is 0 Å². The summed E-state index contributed by atoms with van der Waals surface area (Å²) in [7, 11) is -3.63. The Labute approximate surface area is 180 Å². The number of sulfonamides is 1. The molecule has 0 N–H and O–H groups in total. The molecule has 1 unspecified atom stereocenters. The lowest BCUT2D eigenvalue weighted by Crippen LogP contribution is -2.33. The van der Waals surface area contributed by atoms with Gasteiger partial charge in [-0.1, -0.05) is 56.3 Å². The minimum absolute atomic E-state index is 0.302. The van der Waals surface area contributed by atoms with Crippen LogP contribution in [0.5, 0.6) is 0 Å². The van der Waals surface area contributed by atoms with Crippen molar-refractivity contribution in [3.8, 4) is 0 Å². The van der Waals surface area contributed by atoms with Crippen LogP contribution < -0.4 is 0 Å². The zero-order chi connectivity index (χ0) is 21.6. The predicted octanol–water partition coefficient (Wildman–Crippen LogP) is 4.85. The summed E-state index contributed by atoms with van der Waals surface area (Å²) in [6, 6.07) is 19.2. The number of nitrogens with zero attached hydrogens (tertiary/aromatic N) is 3. The van der Waals surface area contributed by atoms with E-state index in [9.17, 15) is 8.42 Å². The number of hydrogen-bond donors (Lipinski definition) is 0. The molecule has 0 aliphatic rings. The molecule has 0 saturated heterocycles. The SMILES string of the molecule is CCC(C)c1ccc(S(=O)(=O)N(CCc2ccccc2)Cc2ccnn2CC)cc1. The summed E-state index contributed by atoms with van der Waals surface area (Å²) in [5.74, 6) is 0.412. The van der Waals surface area contributed by atoms with E-state index in [2.05, 4.69) is 18.9 Å². The van der Waals surface area contributed by atoms with E-state index >= 15 is 0 Å². The van der Waals surface area contributed by atoms with Gasteiger partial charge in [-0.3, -0.25) is 4.68 Å². The molecule has 0 spiro atoms. The van der Waals surface area contributed by atoms with E-state index in [1.165, 1.54) is 0 Å². The summed E-state index contributed by atoms with van der Waals surface area (Å²) >= 11 is 0. The molecule has 0 amide bonds. The Morgan fingerprint density at radius 3 is 2.33 bits per heavy atom. The molecule has 5 nitrogen and oxygen atoms in total. The second-order valence-corrected chi connectivity index (χ2v) is 9.53. The molecule has 6 heteroatoms. The maximum atomic E-state index is 13.5. The average molecular weight is 426 g/mol. The van der Waals surface area contributed by atoms with Gasteiger partial charge < -0.3 is 0 Å². The highest BCUT2D eigenvalue weighted by Gasteiger charge is 2.25. The zero-order valence-electron chi connectivity index (χ0n) is 18.0. The van der Waals surface area contributed by atoms with Gasteiger partial charge in [-0.05, 0) is 55.0 Å². The predicted molar refractivity (Wildman–Crippen MR) is 121 cm³/mol. The fraction of sp³-hybridized carbons (Fsp3) is 0.375. The normalized spacial score (nSPS) is 12.9. The van der Waals surface area contributed by atoms with Crippen LogP contribution in [0.15, 0.2) is 71.8 Å². The molecule has 0 saturated carbocycles. The number of aryl methyl sites for hydroxylation is 1. The molecule has 1 aromatic heterocycles. The van der Waals surface area contributed by atoms with Crippen molar-refractivity contribution in [2.45, 2.75) is 57.5 Å². The fourth-order valence-electron chi connectivity index (χ4n) is 3.50. The van der Waals surface area contributed by atoms with Gasteiger partial charge in [0.25, 0.3) is 0 Å². The largest absolute Gasteiger partial charge is 0.269 e. The first-order valence-electron chi connectivity index (χ1n) is 10.6. The Kier molecular flexibility index (Phi) is 7.45. The topological polar surface area (TPSA) is 55.2 Å². The summed E-state index contributed by atoms with van der Waals surface area (Å²) < 4.78 is 30.5. The lowest BCUT2D eigenvalue weighted by Gasteiger charge is -2.23. The van der Waals surface area contributed by atoms with Gasteiger partial charge in [0, 0.05) is 19.3 Å². The average Bonchev–Trinajstić information content (AvgIpc) is 3.24. The third kappa shape index (κ3) is 5.18. The Morgan fingerprint density at radius 2 is 1.70 bits per heavy atom. The van der Waals surface area contributed by atoms with Crippen LogP contribution in [0.2, 0.25) is 0 Å². The molecule has 0 fully saturated rings. The van der Waals surface area contributed by atoms with Crippen molar-refractivity contribution >= 4 is 10.0 Å². The van der Waals surface area contributed by atoms with Crippen LogP contribution in [0.1, 0.15) is 49.9 Å². The Hall–Kier alpha value is -2.44. The first-order chi connectivity index (χ1) is 14.5. The Balaban J connectivity index is 1.88. The van der Waals surface area contributed by atoms with Gasteiger partial charge in [-0.25, -0.2) is 8.42 Å². The molecule has 30 heavy (non-hydrogen) atoms. The lowest BCUT2D eigenvalue weighted by atomic mass is 9.99. The van der Waals surface area contributed by atoms with E-state index < -0.39 is 10.0 Å². The summed E-state index contributed by atoms with van der Waals surface area (Å²) in [6.07, 6.45) is 3.41. The molecule has 1 heterocycles. The third-order valence-corrected chi connectivity index (χ3v) is 7.49. The molecule has 2 aromatic carbocycles. The monoisotopic (exact) mass is 425 g/mol. The van der Waals surface area contributed by atoms with Gasteiger partial charge in [0.15, 0.2) is 0 Å². The smallest absolute Gasteiger partial charge is 0.243 e. The van der Waals surface area contributed by atoms with Crippen molar-refractivity contribution in [1.82, 2.24) is 14.1 Å². The van der Waals surface area contributed by atoms with Crippen LogP contribution in [0.4, 0.5) is 0 Å². The van der Waals surface area contributed by atoms with Crippen LogP contribution >= 0.6 is 0 Å². The van der Waals surface area contributed by atoms with Gasteiger partial charge >= 0.3 is 0 Å². The second-order valence-electron chi connectivity index (χ2n) is 7.59. The van der Waals surface area contributed by atoms with Crippen molar-refractivity contribution in [3.05, 3.63) is 83.7 Å². The molecule has 3 aromatic rings. The summed E-state index contributed by atoms with van der Waals surface area (Å²) in [5.41, 5.74) is 3.18. The highest BCUT2D eigenvalue weighted by atomic mass is 32.2. The summed E-state index contributed by atoms with van der Waals surface area (Å²) in [6.45, 7) is 7.72. The number of aromatic nitrogens is 2. The lowest BCUT2D eigenvalue weighted by molar-refractivity contribution is 0.394. The van der Waals surface area contributed by atoms with Crippen LogP contribution in [0.25, 0.3) is 0 Å². The van der Waals surface area contributed by atoms with E-state index in [0.29, 0.717) is 36.9 Å². The first-order valence-corrected chi connectivity index (χ1v) is 12.0. The highest BCUT2D eigenvalue weighted by Crippen LogP contribution is 2.24. The molecule has 3 rings (SSSR count). The second kappa shape index (κ2) is 10.0. The van der Waals surface area contributed by atoms with Crippen molar-refractivity contribution in [2.75, 3.05) is 6.54 Å².